The monoisotopic (exact) mass is 195 g/mol. The molecule has 0 atom stereocenters. The van der Waals surface area contributed by atoms with Gasteiger partial charge in [-0.3, -0.25) is 0 Å². The van der Waals surface area contributed by atoms with Gasteiger partial charge in [0.05, 0.1) is 5.52 Å². The van der Waals surface area contributed by atoms with Crippen LogP contribution in [0.1, 0.15) is 5.82 Å². The Hall–Kier alpha value is -2.48. The van der Waals surface area contributed by atoms with E-state index < -0.39 is 0 Å². The maximum atomic E-state index is 8.70. The molecule has 0 aliphatic carbocycles. The zero-order valence-electron chi connectivity index (χ0n) is 7.62. The van der Waals surface area contributed by atoms with Crippen molar-refractivity contribution < 1.29 is 0 Å². The Bertz CT molecular complexity index is 692. The van der Waals surface area contributed by atoms with Crippen LogP contribution in [0.15, 0.2) is 30.6 Å². The minimum Gasteiger partial charge on any atom is -0.207 e. The summed E-state index contributed by atoms with van der Waals surface area (Å²) in [6.45, 7) is 0. The summed E-state index contributed by atoms with van der Waals surface area (Å²) in [5.41, 5.74) is 1.51. The highest BCUT2D eigenvalue weighted by Crippen LogP contribution is 2.16. The van der Waals surface area contributed by atoms with Crippen LogP contribution < -0.4 is 0 Å². The van der Waals surface area contributed by atoms with Gasteiger partial charge in [-0.1, -0.05) is 12.1 Å². The topological polar surface area (TPSA) is 66.9 Å². The molecular formula is C10H5N5. The van der Waals surface area contributed by atoms with Crippen LogP contribution in [0.25, 0.3) is 16.6 Å². The van der Waals surface area contributed by atoms with Gasteiger partial charge in [-0.2, -0.15) is 15.3 Å². The molecule has 3 aromatic rings. The number of rotatable bonds is 0. The fourth-order valence-electron chi connectivity index (χ4n) is 1.52. The number of hydrogen-bond donors (Lipinski definition) is 0. The smallest absolute Gasteiger partial charge is 0.207 e. The van der Waals surface area contributed by atoms with E-state index in [4.69, 9.17) is 5.26 Å². The molecule has 0 fully saturated rings. The molecule has 3 rings (SSSR count). The SMILES string of the molecule is N#Cc1ncn2nc3ccccc3c2n1. The first-order valence-electron chi connectivity index (χ1n) is 4.39. The molecule has 70 valence electrons. The molecule has 0 bridgehead atoms. The van der Waals surface area contributed by atoms with E-state index in [1.54, 1.807) is 4.52 Å². The van der Waals surface area contributed by atoms with Gasteiger partial charge >= 0.3 is 0 Å². The molecule has 0 radical (unpaired) electrons. The van der Waals surface area contributed by atoms with Crippen LogP contribution in [0.3, 0.4) is 0 Å². The van der Waals surface area contributed by atoms with Crippen molar-refractivity contribution in [2.75, 3.05) is 0 Å². The first-order chi connectivity index (χ1) is 7.38. The molecule has 0 saturated heterocycles. The first kappa shape index (κ1) is 7.88. The highest BCUT2D eigenvalue weighted by atomic mass is 15.3. The Morgan fingerprint density at radius 1 is 1.27 bits per heavy atom. The highest BCUT2D eigenvalue weighted by molar-refractivity contribution is 5.91. The molecule has 1 aromatic carbocycles. The minimum absolute atomic E-state index is 0.160. The Labute approximate surface area is 84.6 Å². The van der Waals surface area contributed by atoms with Crippen molar-refractivity contribution in [1.29, 1.82) is 5.26 Å². The fraction of sp³-hybridized carbons (Fsp3) is 0. The van der Waals surface area contributed by atoms with E-state index in [2.05, 4.69) is 15.1 Å². The van der Waals surface area contributed by atoms with Gasteiger partial charge in [-0.05, 0) is 12.1 Å². The Kier molecular flexibility index (Phi) is 1.45. The third-order valence-electron chi connectivity index (χ3n) is 2.18. The molecule has 0 unspecified atom stereocenters. The van der Waals surface area contributed by atoms with Crippen LogP contribution in [0.2, 0.25) is 0 Å². The van der Waals surface area contributed by atoms with Crippen LogP contribution in [0.4, 0.5) is 0 Å². The lowest BCUT2D eigenvalue weighted by Crippen LogP contribution is -1.95. The highest BCUT2D eigenvalue weighted by Gasteiger charge is 2.06. The van der Waals surface area contributed by atoms with E-state index in [0.717, 1.165) is 10.9 Å². The quantitative estimate of drug-likeness (QED) is 0.539. The van der Waals surface area contributed by atoms with Crippen molar-refractivity contribution in [3.05, 3.63) is 36.4 Å². The molecule has 5 heteroatoms. The predicted octanol–water partition coefficient (Wildman–Crippen LogP) is 1.15. The summed E-state index contributed by atoms with van der Waals surface area (Å²) < 4.78 is 1.57. The van der Waals surface area contributed by atoms with Crippen molar-refractivity contribution in [3.8, 4) is 6.07 Å². The van der Waals surface area contributed by atoms with Crippen molar-refractivity contribution in [3.63, 3.8) is 0 Å². The second-order valence-electron chi connectivity index (χ2n) is 3.08. The van der Waals surface area contributed by atoms with Crippen molar-refractivity contribution in [2.45, 2.75) is 0 Å². The second kappa shape index (κ2) is 2.75. The fourth-order valence-corrected chi connectivity index (χ4v) is 1.52. The van der Waals surface area contributed by atoms with Crippen molar-refractivity contribution in [2.24, 2.45) is 0 Å². The summed E-state index contributed by atoms with van der Waals surface area (Å²) in [6.07, 6.45) is 1.50. The summed E-state index contributed by atoms with van der Waals surface area (Å²) in [7, 11) is 0. The lowest BCUT2D eigenvalue weighted by atomic mass is 10.2. The molecule has 0 N–H and O–H groups in total. The largest absolute Gasteiger partial charge is 0.235 e. The predicted molar refractivity (Wildman–Crippen MR) is 53.0 cm³/mol. The van der Waals surface area contributed by atoms with E-state index >= 15 is 0 Å². The van der Waals surface area contributed by atoms with Gasteiger partial charge in [0.1, 0.15) is 12.4 Å². The molecule has 0 spiro atoms. The van der Waals surface area contributed by atoms with E-state index in [9.17, 15) is 0 Å². The molecule has 5 nitrogen and oxygen atoms in total. The summed E-state index contributed by atoms with van der Waals surface area (Å²) >= 11 is 0. The van der Waals surface area contributed by atoms with Crippen LogP contribution in [0, 0.1) is 11.3 Å². The third kappa shape index (κ3) is 1.05. The van der Waals surface area contributed by atoms with E-state index in [-0.39, 0.29) is 5.82 Å². The number of nitrogens with zero attached hydrogens (tertiary/aromatic N) is 5. The minimum atomic E-state index is 0.160. The Morgan fingerprint density at radius 3 is 3.00 bits per heavy atom. The number of nitriles is 1. The standard InChI is InChI=1S/C10H5N5/c11-5-9-12-6-15-10(13-9)7-3-1-2-4-8(7)14-15/h1-4,6H. The van der Waals surface area contributed by atoms with Gasteiger partial charge < -0.3 is 0 Å². The maximum Gasteiger partial charge on any atom is 0.235 e. The number of aromatic nitrogens is 4. The van der Waals surface area contributed by atoms with Crippen LogP contribution >= 0.6 is 0 Å². The van der Waals surface area contributed by atoms with Gasteiger partial charge in [0.15, 0.2) is 5.65 Å². The molecule has 0 aliphatic heterocycles. The number of hydrogen-bond acceptors (Lipinski definition) is 4. The molecule has 2 heterocycles. The molecule has 15 heavy (non-hydrogen) atoms. The van der Waals surface area contributed by atoms with Gasteiger partial charge in [-0.25, -0.2) is 9.50 Å². The van der Waals surface area contributed by atoms with Crippen molar-refractivity contribution >= 4 is 16.6 Å². The Balaban J connectivity index is 2.53. The van der Waals surface area contributed by atoms with Crippen LogP contribution in [-0.4, -0.2) is 19.6 Å². The lowest BCUT2D eigenvalue weighted by molar-refractivity contribution is 0.894. The Morgan fingerprint density at radius 2 is 2.13 bits per heavy atom. The molecule has 0 amide bonds. The summed E-state index contributed by atoms with van der Waals surface area (Å²) in [6, 6.07) is 9.56. The van der Waals surface area contributed by atoms with Gasteiger partial charge in [0.2, 0.25) is 5.82 Å². The molecule has 2 aromatic heterocycles. The van der Waals surface area contributed by atoms with E-state index in [1.807, 2.05) is 30.3 Å². The first-order valence-corrected chi connectivity index (χ1v) is 4.39. The number of benzene rings is 1. The van der Waals surface area contributed by atoms with Gasteiger partial charge in [-0.15, -0.1) is 0 Å². The van der Waals surface area contributed by atoms with Crippen LogP contribution in [0.5, 0.6) is 0 Å². The summed E-state index contributed by atoms with van der Waals surface area (Å²) in [5, 5.41) is 13.9. The van der Waals surface area contributed by atoms with Gasteiger partial charge in [0.25, 0.3) is 0 Å². The van der Waals surface area contributed by atoms with Crippen molar-refractivity contribution in [1.82, 2.24) is 19.6 Å². The summed E-state index contributed by atoms with van der Waals surface area (Å²) in [5.74, 6) is 0.160. The maximum absolute atomic E-state index is 8.70. The van der Waals surface area contributed by atoms with E-state index in [0.29, 0.717) is 5.65 Å². The lowest BCUT2D eigenvalue weighted by Gasteiger charge is -1.90. The average molecular weight is 195 g/mol. The third-order valence-corrected chi connectivity index (χ3v) is 2.18. The zero-order chi connectivity index (χ0) is 10.3. The normalized spacial score (nSPS) is 10.6. The van der Waals surface area contributed by atoms with E-state index in [1.165, 1.54) is 6.33 Å². The molecule has 0 saturated carbocycles. The molecule has 0 aliphatic rings. The van der Waals surface area contributed by atoms with Gasteiger partial charge in [0, 0.05) is 5.39 Å². The average Bonchev–Trinajstić information content (AvgIpc) is 2.66. The summed E-state index contributed by atoms with van der Waals surface area (Å²) in [4.78, 5) is 7.96. The van der Waals surface area contributed by atoms with Crippen LogP contribution in [-0.2, 0) is 0 Å². The number of fused-ring (bicyclic) bond motifs is 3. The molecular weight excluding hydrogens is 190 g/mol. The second-order valence-corrected chi connectivity index (χ2v) is 3.08. The zero-order valence-corrected chi connectivity index (χ0v) is 7.62.